The molecular weight excluding hydrogens is 226 g/mol. The molecule has 18 heavy (non-hydrogen) atoms. The summed E-state index contributed by atoms with van der Waals surface area (Å²) in [7, 11) is 0. The number of fused-ring (bicyclic) bond motifs is 1. The van der Waals surface area contributed by atoms with Crippen molar-refractivity contribution in [3.8, 4) is 0 Å². The molecule has 0 fully saturated rings. The first kappa shape index (κ1) is 12.3. The van der Waals surface area contributed by atoms with Crippen molar-refractivity contribution in [2.45, 2.75) is 13.8 Å². The monoisotopic (exact) mass is 241 g/mol. The number of ether oxygens (including phenoxy) is 1. The van der Waals surface area contributed by atoms with Crippen LogP contribution in [0.3, 0.4) is 0 Å². The summed E-state index contributed by atoms with van der Waals surface area (Å²) in [5, 5.41) is 2.19. The van der Waals surface area contributed by atoms with E-state index in [1.807, 2.05) is 24.4 Å². The van der Waals surface area contributed by atoms with E-state index in [1.54, 1.807) is 19.2 Å². The number of pyridine rings is 1. The summed E-state index contributed by atoms with van der Waals surface area (Å²) in [5.74, 6) is -0.324. The van der Waals surface area contributed by atoms with Gasteiger partial charge >= 0.3 is 5.97 Å². The Balaban J connectivity index is 2.40. The Kier molecular flexibility index (Phi) is 3.72. The van der Waals surface area contributed by atoms with Crippen molar-refractivity contribution in [1.29, 1.82) is 0 Å². The van der Waals surface area contributed by atoms with Crippen molar-refractivity contribution in [1.82, 2.24) is 4.98 Å². The zero-order valence-corrected chi connectivity index (χ0v) is 10.5. The van der Waals surface area contributed by atoms with Gasteiger partial charge in [-0.05, 0) is 42.5 Å². The molecule has 0 amide bonds. The highest BCUT2D eigenvalue weighted by molar-refractivity contribution is 5.95. The van der Waals surface area contributed by atoms with Gasteiger partial charge in [0, 0.05) is 23.9 Å². The van der Waals surface area contributed by atoms with E-state index in [9.17, 15) is 4.79 Å². The first-order valence-corrected chi connectivity index (χ1v) is 5.90. The molecule has 3 nitrogen and oxygen atoms in total. The minimum Gasteiger partial charge on any atom is -0.463 e. The van der Waals surface area contributed by atoms with Crippen molar-refractivity contribution in [3.05, 3.63) is 47.8 Å². The highest BCUT2D eigenvalue weighted by Crippen LogP contribution is 2.22. The van der Waals surface area contributed by atoms with Crippen LogP contribution in [0.25, 0.3) is 16.8 Å². The van der Waals surface area contributed by atoms with E-state index in [2.05, 4.69) is 11.9 Å². The number of hydrogen-bond donors (Lipinski definition) is 0. The smallest absolute Gasteiger partial charge is 0.330 e. The molecule has 0 aliphatic heterocycles. The van der Waals surface area contributed by atoms with Gasteiger partial charge in [0.2, 0.25) is 0 Å². The second-order valence-electron chi connectivity index (χ2n) is 3.98. The SMILES string of the molecule is CCOC(=O)/C=C/c1ccc(C)c2ccncc12. The van der Waals surface area contributed by atoms with Crippen LogP contribution < -0.4 is 0 Å². The average molecular weight is 241 g/mol. The number of carbonyl (C=O) groups is 1. The van der Waals surface area contributed by atoms with Crippen LogP contribution in [-0.2, 0) is 9.53 Å². The quantitative estimate of drug-likeness (QED) is 0.612. The summed E-state index contributed by atoms with van der Waals surface area (Å²) in [5.41, 5.74) is 2.16. The standard InChI is InChI=1S/C15H15NO2/c1-3-18-15(17)7-6-12-5-4-11(2)13-8-9-16-10-14(12)13/h4-10H,3H2,1-2H3/b7-6+. The molecule has 3 heteroatoms. The molecular formula is C15H15NO2. The fourth-order valence-electron chi connectivity index (χ4n) is 1.86. The molecule has 92 valence electrons. The lowest BCUT2D eigenvalue weighted by atomic mass is 10.0. The Hall–Kier alpha value is -2.16. The molecule has 2 aromatic rings. The van der Waals surface area contributed by atoms with Crippen LogP contribution >= 0.6 is 0 Å². The maximum Gasteiger partial charge on any atom is 0.330 e. The summed E-state index contributed by atoms with van der Waals surface area (Å²) in [4.78, 5) is 15.4. The molecule has 0 spiro atoms. The highest BCUT2D eigenvalue weighted by Gasteiger charge is 2.02. The van der Waals surface area contributed by atoms with Gasteiger partial charge in [0.25, 0.3) is 0 Å². The molecule has 1 aromatic carbocycles. The van der Waals surface area contributed by atoms with Crippen molar-refractivity contribution in [2.75, 3.05) is 6.61 Å². The summed E-state index contributed by atoms with van der Waals surface area (Å²) < 4.78 is 4.86. The van der Waals surface area contributed by atoms with Crippen molar-refractivity contribution >= 4 is 22.8 Å². The first-order chi connectivity index (χ1) is 8.72. The number of aromatic nitrogens is 1. The molecule has 0 unspecified atom stereocenters. The lowest BCUT2D eigenvalue weighted by Gasteiger charge is -2.04. The van der Waals surface area contributed by atoms with Crippen LogP contribution in [0.5, 0.6) is 0 Å². The molecule has 0 saturated heterocycles. The molecule has 0 aliphatic carbocycles. The van der Waals surface area contributed by atoms with Gasteiger partial charge in [-0.2, -0.15) is 0 Å². The van der Waals surface area contributed by atoms with Gasteiger partial charge in [0.15, 0.2) is 0 Å². The van der Waals surface area contributed by atoms with E-state index in [0.717, 1.165) is 16.3 Å². The Morgan fingerprint density at radius 1 is 1.33 bits per heavy atom. The van der Waals surface area contributed by atoms with E-state index in [4.69, 9.17) is 4.74 Å². The lowest BCUT2D eigenvalue weighted by Crippen LogP contribution is -1.98. The molecule has 2 rings (SSSR count). The van der Waals surface area contributed by atoms with Gasteiger partial charge in [-0.3, -0.25) is 4.98 Å². The normalized spacial score (nSPS) is 11.0. The van der Waals surface area contributed by atoms with Gasteiger partial charge in [-0.15, -0.1) is 0 Å². The molecule has 0 bridgehead atoms. The predicted octanol–water partition coefficient (Wildman–Crippen LogP) is 3.12. The minimum absolute atomic E-state index is 0.324. The molecule has 1 aromatic heterocycles. The third kappa shape index (κ3) is 2.56. The third-order valence-electron chi connectivity index (χ3n) is 2.76. The fraction of sp³-hybridized carbons (Fsp3) is 0.200. The summed E-state index contributed by atoms with van der Waals surface area (Å²) >= 11 is 0. The van der Waals surface area contributed by atoms with E-state index in [1.165, 1.54) is 11.6 Å². The first-order valence-electron chi connectivity index (χ1n) is 5.90. The topological polar surface area (TPSA) is 39.2 Å². The number of hydrogen-bond acceptors (Lipinski definition) is 3. The van der Waals surface area contributed by atoms with Crippen molar-refractivity contribution < 1.29 is 9.53 Å². The molecule has 1 heterocycles. The van der Waals surface area contributed by atoms with Gasteiger partial charge in [0.1, 0.15) is 0 Å². The number of nitrogens with zero attached hydrogens (tertiary/aromatic N) is 1. The third-order valence-corrected chi connectivity index (χ3v) is 2.76. The zero-order valence-electron chi connectivity index (χ0n) is 10.5. The van der Waals surface area contributed by atoms with Gasteiger partial charge < -0.3 is 4.74 Å². The molecule has 0 aliphatic rings. The fourth-order valence-corrected chi connectivity index (χ4v) is 1.86. The molecule has 0 N–H and O–H groups in total. The number of esters is 1. The van der Waals surface area contributed by atoms with Gasteiger partial charge in [-0.1, -0.05) is 12.1 Å². The zero-order chi connectivity index (χ0) is 13.0. The average Bonchev–Trinajstić information content (AvgIpc) is 2.39. The maximum absolute atomic E-state index is 11.3. The van der Waals surface area contributed by atoms with E-state index in [0.29, 0.717) is 6.61 Å². The number of benzene rings is 1. The van der Waals surface area contributed by atoms with Gasteiger partial charge in [0.05, 0.1) is 6.61 Å². The summed E-state index contributed by atoms with van der Waals surface area (Å²) in [6.07, 6.45) is 6.80. The van der Waals surface area contributed by atoms with Crippen LogP contribution in [0.2, 0.25) is 0 Å². The van der Waals surface area contributed by atoms with Crippen LogP contribution in [-0.4, -0.2) is 17.6 Å². The maximum atomic E-state index is 11.3. The lowest BCUT2D eigenvalue weighted by molar-refractivity contribution is -0.137. The Morgan fingerprint density at radius 2 is 2.17 bits per heavy atom. The van der Waals surface area contributed by atoms with Crippen molar-refractivity contribution in [3.63, 3.8) is 0 Å². The molecule has 0 radical (unpaired) electrons. The molecule has 0 saturated carbocycles. The van der Waals surface area contributed by atoms with Crippen molar-refractivity contribution in [2.24, 2.45) is 0 Å². The van der Waals surface area contributed by atoms with Crippen LogP contribution in [0, 0.1) is 6.92 Å². The van der Waals surface area contributed by atoms with E-state index < -0.39 is 0 Å². The van der Waals surface area contributed by atoms with Gasteiger partial charge in [-0.25, -0.2) is 4.79 Å². The Bertz CT molecular complexity index is 602. The number of aryl methyl sites for hydroxylation is 1. The largest absolute Gasteiger partial charge is 0.463 e. The van der Waals surface area contributed by atoms with Crippen LogP contribution in [0.4, 0.5) is 0 Å². The Labute approximate surface area is 106 Å². The second-order valence-corrected chi connectivity index (χ2v) is 3.98. The second kappa shape index (κ2) is 5.45. The summed E-state index contributed by atoms with van der Waals surface area (Å²) in [6, 6.07) is 5.99. The summed E-state index contributed by atoms with van der Waals surface area (Å²) in [6.45, 7) is 4.23. The number of carbonyl (C=O) groups excluding carboxylic acids is 1. The Morgan fingerprint density at radius 3 is 2.94 bits per heavy atom. The molecule has 0 atom stereocenters. The van der Waals surface area contributed by atoms with Crippen LogP contribution in [0.1, 0.15) is 18.1 Å². The number of rotatable bonds is 3. The highest BCUT2D eigenvalue weighted by atomic mass is 16.5. The minimum atomic E-state index is -0.324. The van der Waals surface area contributed by atoms with E-state index >= 15 is 0 Å². The predicted molar refractivity (Wildman–Crippen MR) is 72.1 cm³/mol. The van der Waals surface area contributed by atoms with E-state index in [-0.39, 0.29) is 5.97 Å². The van der Waals surface area contributed by atoms with Crippen LogP contribution in [0.15, 0.2) is 36.7 Å².